The van der Waals surface area contributed by atoms with Gasteiger partial charge in [-0.15, -0.1) is 0 Å². The number of pyridine rings is 2. The molecule has 0 bridgehead atoms. The van der Waals surface area contributed by atoms with Gasteiger partial charge in [0.2, 0.25) is 0 Å². The fourth-order valence-electron chi connectivity index (χ4n) is 7.17. The van der Waals surface area contributed by atoms with Crippen molar-refractivity contribution in [1.82, 2.24) is 9.97 Å². The van der Waals surface area contributed by atoms with Crippen molar-refractivity contribution in [3.8, 4) is 67.0 Å². The maximum absolute atomic E-state index is 4.59. The summed E-state index contributed by atoms with van der Waals surface area (Å²) in [6.07, 6.45) is 3.69. The van der Waals surface area contributed by atoms with Crippen LogP contribution >= 0.6 is 0 Å². The fourth-order valence-corrected chi connectivity index (χ4v) is 7.17. The van der Waals surface area contributed by atoms with E-state index in [1.807, 2.05) is 36.7 Å². The monoisotopic (exact) mass is 636 g/mol. The van der Waals surface area contributed by atoms with Crippen molar-refractivity contribution < 1.29 is 0 Å². The lowest BCUT2D eigenvalue weighted by molar-refractivity contribution is 1.33. The van der Waals surface area contributed by atoms with Gasteiger partial charge in [0.25, 0.3) is 0 Å². The first-order valence-corrected chi connectivity index (χ1v) is 17.0. The van der Waals surface area contributed by atoms with Crippen molar-refractivity contribution in [2.45, 2.75) is 0 Å². The zero-order valence-corrected chi connectivity index (χ0v) is 27.4. The predicted octanol–water partition coefficient (Wildman–Crippen LogP) is 12.8. The van der Waals surface area contributed by atoms with Crippen LogP contribution in [0.2, 0.25) is 0 Å². The van der Waals surface area contributed by atoms with Crippen LogP contribution in [0, 0.1) is 0 Å². The molecule has 0 aliphatic heterocycles. The molecule has 0 aliphatic carbocycles. The molecule has 50 heavy (non-hydrogen) atoms. The Morgan fingerprint density at radius 3 is 1.22 bits per heavy atom. The molecule has 0 saturated heterocycles. The van der Waals surface area contributed by atoms with Crippen LogP contribution in [0.15, 0.2) is 194 Å². The average molecular weight is 637 g/mol. The zero-order valence-electron chi connectivity index (χ0n) is 27.4. The summed E-state index contributed by atoms with van der Waals surface area (Å²) in [5.41, 5.74) is 13.8. The van der Waals surface area contributed by atoms with Gasteiger partial charge < -0.3 is 0 Å². The minimum atomic E-state index is 0.971. The van der Waals surface area contributed by atoms with Crippen LogP contribution in [-0.2, 0) is 0 Å². The van der Waals surface area contributed by atoms with E-state index in [0.29, 0.717) is 0 Å². The molecular formula is C48H32N2. The van der Waals surface area contributed by atoms with E-state index in [1.54, 1.807) is 0 Å². The maximum Gasteiger partial charge on any atom is 0.0701 e. The summed E-state index contributed by atoms with van der Waals surface area (Å²) in [7, 11) is 0. The molecule has 7 aromatic carbocycles. The van der Waals surface area contributed by atoms with E-state index in [2.05, 4.69) is 168 Å². The maximum atomic E-state index is 4.59. The molecule has 234 valence electrons. The van der Waals surface area contributed by atoms with Crippen LogP contribution in [0.4, 0.5) is 0 Å². The molecule has 2 nitrogen and oxygen atoms in total. The summed E-state index contributed by atoms with van der Waals surface area (Å²) in [6, 6.07) is 65.1. The molecule has 0 radical (unpaired) electrons. The van der Waals surface area contributed by atoms with E-state index in [4.69, 9.17) is 0 Å². The zero-order chi connectivity index (χ0) is 33.3. The number of hydrogen-bond acceptors (Lipinski definition) is 2. The first-order valence-electron chi connectivity index (χ1n) is 17.0. The fraction of sp³-hybridized carbons (Fsp3) is 0. The van der Waals surface area contributed by atoms with Gasteiger partial charge in [-0.05, 0) is 102 Å². The number of rotatable bonds is 6. The van der Waals surface area contributed by atoms with Crippen molar-refractivity contribution in [3.05, 3.63) is 194 Å². The molecule has 0 amide bonds. The second kappa shape index (κ2) is 12.8. The highest BCUT2D eigenvalue weighted by Gasteiger charge is 2.18. The largest absolute Gasteiger partial charge is 0.256 e. The number of aromatic nitrogens is 2. The highest BCUT2D eigenvalue weighted by molar-refractivity contribution is 6.22. The van der Waals surface area contributed by atoms with Gasteiger partial charge in [-0.25, -0.2) is 0 Å². The van der Waals surface area contributed by atoms with Gasteiger partial charge in [0.05, 0.1) is 11.4 Å². The summed E-state index contributed by atoms with van der Waals surface area (Å²) in [6.45, 7) is 0. The van der Waals surface area contributed by atoms with E-state index < -0.39 is 0 Å². The van der Waals surface area contributed by atoms with Crippen LogP contribution in [0.1, 0.15) is 0 Å². The topological polar surface area (TPSA) is 25.8 Å². The SMILES string of the molecule is c1ccc(-c2cccc(-c3ccc4c(-c5ccc(-c6ccccn6)cc5)c5ccccc5c(-c5ccc(-c6ccccn6)cc5)c4c3)c2)cc1. The number of fused-ring (bicyclic) bond motifs is 2. The Hall–Kier alpha value is -6.64. The van der Waals surface area contributed by atoms with Crippen molar-refractivity contribution in [3.63, 3.8) is 0 Å². The third kappa shape index (κ3) is 5.43. The first kappa shape index (κ1) is 29.5. The first-order chi connectivity index (χ1) is 24.8. The lowest BCUT2D eigenvalue weighted by Crippen LogP contribution is -1.92. The summed E-state index contributed by atoms with van der Waals surface area (Å²) < 4.78 is 0. The molecule has 9 aromatic rings. The average Bonchev–Trinajstić information content (AvgIpc) is 3.21. The lowest BCUT2D eigenvalue weighted by Gasteiger charge is -2.19. The molecule has 0 aliphatic rings. The number of nitrogens with zero attached hydrogens (tertiary/aromatic N) is 2. The summed E-state index contributed by atoms with van der Waals surface area (Å²) in [5.74, 6) is 0. The van der Waals surface area contributed by atoms with Crippen LogP contribution < -0.4 is 0 Å². The van der Waals surface area contributed by atoms with Crippen molar-refractivity contribution in [1.29, 1.82) is 0 Å². The van der Waals surface area contributed by atoms with Gasteiger partial charge >= 0.3 is 0 Å². The summed E-state index contributed by atoms with van der Waals surface area (Å²) >= 11 is 0. The van der Waals surface area contributed by atoms with Crippen LogP contribution in [-0.4, -0.2) is 9.97 Å². The van der Waals surface area contributed by atoms with Crippen molar-refractivity contribution in [2.75, 3.05) is 0 Å². The molecule has 9 rings (SSSR count). The standard InChI is InChI=1S/C48H32N2/c1-2-11-33(12-3-1)38-13-10-14-39(31-38)40-27-28-43-44(32-40)48(37-25-21-35(22-26-37)46-18-7-9-30-50-46)42-16-5-4-15-41(42)47(43)36-23-19-34(20-24-36)45-17-6-8-29-49-45/h1-32H. The quantitative estimate of drug-likeness (QED) is 0.170. The molecule has 2 aromatic heterocycles. The van der Waals surface area contributed by atoms with Crippen molar-refractivity contribution in [2.24, 2.45) is 0 Å². The van der Waals surface area contributed by atoms with E-state index in [1.165, 1.54) is 66.1 Å². The molecule has 0 spiro atoms. The molecule has 2 heteroatoms. The van der Waals surface area contributed by atoms with Gasteiger partial charge in [-0.3, -0.25) is 9.97 Å². The van der Waals surface area contributed by atoms with Crippen molar-refractivity contribution >= 4 is 21.5 Å². The van der Waals surface area contributed by atoms with E-state index >= 15 is 0 Å². The van der Waals surface area contributed by atoms with Gasteiger partial charge in [0.15, 0.2) is 0 Å². The van der Waals surface area contributed by atoms with Crippen LogP contribution in [0.25, 0.3) is 88.6 Å². The molecule has 2 heterocycles. The highest BCUT2D eigenvalue weighted by Crippen LogP contribution is 2.45. The molecule has 0 N–H and O–H groups in total. The van der Waals surface area contributed by atoms with Gasteiger partial charge in [-0.2, -0.15) is 0 Å². The third-order valence-electron chi connectivity index (χ3n) is 9.60. The smallest absolute Gasteiger partial charge is 0.0701 e. The Labute approximate surface area is 292 Å². The minimum Gasteiger partial charge on any atom is -0.256 e. The van der Waals surface area contributed by atoms with E-state index in [9.17, 15) is 0 Å². The van der Waals surface area contributed by atoms with Crippen LogP contribution in [0.5, 0.6) is 0 Å². The highest BCUT2D eigenvalue weighted by atomic mass is 14.7. The summed E-state index contributed by atoms with van der Waals surface area (Å²) in [5, 5.41) is 4.90. The van der Waals surface area contributed by atoms with E-state index in [-0.39, 0.29) is 0 Å². The molecule has 0 saturated carbocycles. The predicted molar refractivity (Wildman–Crippen MR) is 210 cm³/mol. The summed E-state index contributed by atoms with van der Waals surface area (Å²) in [4.78, 5) is 9.17. The Bertz CT molecular complexity index is 2590. The van der Waals surface area contributed by atoms with Crippen LogP contribution in [0.3, 0.4) is 0 Å². The number of benzene rings is 7. The Morgan fingerprint density at radius 2 is 0.660 bits per heavy atom. The van der Waals surface area contributed by atoms with Gasteiger partial charge in [0.1, 0.15) is 0 Å². The molecule has 0 fully saturated rings. The molecular weight excluding hydrogens is 605 g/mol. The third-order valence-corrected chi connectivity index (χ3v) is 9.60. The molecule has 0 unspecified atom stereocenters. The number of hydrogen-bond donors (Lipinski definition) is 0. The second-order valence-corrected chi connectivity index (χ2v) is 12.6. The Morgan fingerprint density at radius 1 is 0.240 bits per heavy atom. The Balaban J connectivity index is 1.27. The van der Waals surface area contributed by atoms with Gasteiger partial charge in [-0.1, -0.05) is 146 Å². The molecule has 0 atom stereocenters. The van der Waals surface area contributed by atoms with Gasteiger partial charge in [0, 0.05) is 23.5 Å². The lowest BCUT2D eigenvalue weighted by atomic mass is 9.84. The van der Waals surface area contributed by atoms with E-state index in [0.717, 1.165) is 22.5 Å². The second-order valence-electron chi connectivity index (χ2n) is 12.6. The normalized spacial score (nSPS) is 11.2. The Kier molecular flexibility index (Phi) is 7.53. The minimum absolute atomic E-state index is 0.971.